The van der Waals surface area contributed by atoms with Crippen molar-refractivity contribution in [1.29, 1.82) is 0 Å². The topological polar surface area (TPSA) is 104 Å². The molecule has 0 radical (unpaired) electrons. The molecule has 3 aromatic rings. The van der Waals surface area contributed by atoms with Crippen molar-refractivity contribution in [3.8, 4) is 11.4 Å². The highest BCUT2D eigenvalue weighted by Gasteiger charge is 2.55. The van der Waals surface area contributed by atoms with Crippen LogP contribution in [-0.2, 0) is 29.0 Å². The molecule has 1 aromatic heterocycles. The third-order valence-electron chi connectivity index (χ3n) is 6.27. The number of imide groups is 1. The fourth-order valence-corrected chi connectivity index (χ4v) is 4.58. The molecular weight excluding hydrogens is 408 g/mol. The van der Waals surface area contributed by atoms with Crippen LogP contribution in [0, 0.1) is 6.92 Å². The van der Waals surface area contributed by atoms with Gasteiger partial charge in [-0.1, -0.05) is 46.3 Å². The molecule has 3 heterocycles. The maximum absolute atomic E-state index is 13.2. The number of anilines is 1. The number of rotatable bonds is 4. The zero-order chi connectivity index (χ0) is 21.8. The van der Waals surface area contributed by atoms with Crippen LogP contribution in [0.25, 0.3) is 11.4 Å². The molecule has 2 aromatic carbocycles. The lowest BCUT2D eigenvalue weighted by Crippen LogP contribution is -2.39. The van der Waals surface area contributed by atoms with Gasteiger partial charge in [-0.2, -0.15) is 10.1 Å². The molecule has 0 N–H and O–H groups in total. The van der Waals surface area contributed by atoms with E-state index in [0.717, 1.165) is 30.4 Å². The highest BCUT2D eigenvalue weighted by molar-refractivity contribution is 6.25. The van der Waals surface area contributed by atoms with E-state index in [9.17, 15) is 9.59 Å². The van der Waals surface area contributed by atoms with Gasteiger partial charge in [0.05, 0.1) is 5.69 Å². The van der Waals surface area contributed by atoms with Gasteiger partial charge in [0.1, 0.15) is 6.54 Å². The van der Waals surface area contributed by atoms with Gasteiger partial charge in [-0.3, -0.25) is 14.6 Å². The Bertz CT molecular complexity index is 1260. The van der Waals surface area contributed by atoms with Crippen LogP contribution in [0.3, 0.4) is 0 Å². The van der Waals surface area contributed by atoms with Gasteiger partial charge in [-0.05, 0) is 49.4 Å². The van der Waals surface area contributed by atoms with Crippen LogP contribution in [-0.4, -0.2) is 39.0 Å². The Morgan fingerprint density at radius 2 is 1.84 bits per heavy atom. The van der Waals surface area contributed by atoms with E-state index in [1.54, 1.807) is 0 Å². The number of hydrogen-bond acceptors (Lipinski definition) is 8. The molecule has 32 heavy (non-hydrogen) atoms. The molecule has 0 spiro atoms. The van der Waals surface area contributed by atoms with Gasteiger partial charge in [-0.25, -0.2) is 4.90 Å². The second kappa shape index (κ2) is 7.08. The van der Waals surface area contributed by atoms with Crippen molar-refractivity contribution >= 4 is 17.5 Å². The van der Waals surface area contributed by atoms with E-state index in [0.29, 0.717) is 17.4 Å². The molecular formula is C23H20N6O3. The van der Waals surface area contributed by atoms with Crippen molar-refractivity contribution in [1.82, 2.24) is 15.1 Å². The second-order valence-corrected chi connectivity index (χ2v) is 8.39. The first kappa shape index (κ1) is 18.9. The third-order valence-corrected chi connectivity index (χ3v) is 6.27. The number of nitrogens with zero attached hydrogens (tertiary/aromatic N) is 6. The Morgan fingerprint density at radius 3 is 2.69 bits per heavy atom. The van der Waals surface area contributed by atoms with Crippen LogP contribution in [0.5, 0.6) is 0 Å². The normalized spacial score (nSPS) is 21.5. The van der Waals surface area contributed by atoms with E-state index < -0.39 is 12.1 Å². The van der Waals surface area contributed by atoms with Crippen molar-refractivity contribution in [2.24, 2.45) is 10.3 Å². The van der Waals surface area contributed by atoms with Crippen LogP contribution in [0.2, 0.25) is 0 Å². The molecule has 2 atom stereocenters. The summed E-state index contributed by atoms with van der Waals surface area (Å²) in [5.74, 6) is 0.0778. The van der Waals surface area contributed by atoms with Crippen LogP contribution in [0.15, 0.2) is 57.3 Å². The zero-order valence-electron chi connectivity index (χ0n) is 17.4. The lowest BCUT2D eigenvalue weighted by atomic mass is 10.1. The van der Waals surface area contributed by atoms with Gasteiger partial charge < -0.3 is 4.52 Å². The molecule has 1 saturated heterocycles. The van der Waals surface area contributed by atoms with E-state index >= 15 is 0 Å². The summed E-state index contributed by atoms with van der Waals surface area (Å²) in [6.45, 7) is 2.10. The molecule has 2 aliphatic heterocycles. The molecule has 160 valence electrons. The second-order valence-electron chi connectivity index (χ2n) is 8.39. The quantitative estimate of drug-likeness (QED) is 0.592. The smallest absolute Gasteiger partial charge is 0.263 e. The molecule has 9 nitrogen and oxygen atoms in total. The Balaban J connectivity index is 1.23. The molecule has 1 aliphatic carbocycles. The molecule has 1 fully saturated rings. The number of fused-ring (bicyclic) bond motifs is 2. The number of carbonyl (C=O) groups excluding carboxylic acids is 2. The first-order chi connectivity index (χ1) is 15.6. The molecule has 3 aliphatic rings. The number of amides is 2. The summed E-state index contributed by atoms with van der Waals surface area (Å²) < 4.78 is 5.37. The van der Waals surface area contributed by atoms with Crippen molar-refractivity contribution < 1.29 is 14.1 Å². The van der Waals surface area contributed by atoms with Crippen molar-refractivity contribution in [2.45, 2.75) is 44.8 Å². The Kier molecular flexibility index (Phi) is 4.17. The molecule has 2 amide bonds. The summed E-state index contributed by atoms with van der Waals surface area (Å²) in [4.78, 5) is 31.9. The van der Waals surface area contributed by atoms with E-state index in [1.807, 2.05) is 49.4 Å². The van der Waals surface area contributed by atoms with E-state index in [2.05, 4.69) is 20.5 Å². The number of aryl methyl sites for hydroxylation is 3. The highest BCUT2D eigenvalue weighted by atomic mass is 16.5. The maximum atomic E-state index is 13.2. The standard InChI is InChI=1S/C23H20N6O3/c1-13-5-7-15(8-6-13)21-24-18(32-26-21)12-28-20-19(25-27-28)22(30)29(23(20)31)17-10-9-14-3-2-4-16(14)11-17/h5-11,19-20H,2-4,12H2,1H3/t19-,20-/m1/s1. The summed E-state index contributed by atoms with van der Waals surface area (Å²) in [7, 11) is 0. The van der Waals surface area contributed by atoms with Crippen molar-refractivity contribution in [3.63, 3.8) is 0 Å². The lowest BCUT2D eigenvalue weighted by Gasteiger charge is -2.19. The van der Waals surface area contributed by atoms with Gasteiger partial charge >= 0.3 is 0 Å². The molecule has 6 rings (SSSR count). The minimum atomic E-state index is -0.852. The fraction of sp³-hybridized carbons (Fsp3) is 0.304. The number of carbonyl (C=O) groups is 2. The summed E-state index contributed by atoms with van der Waals surface area (Å²) in [5, 5.41) is 13.6. The maximum Gasteiger partial charge on any atom is 0.263 e. The first-order valence-electron chi connectivity index (χ1n) is 10.6. The number of hydrogen-bond donors (Lipinski definition) is 0. The van der Waals surface area contributed by atoms with E-state index in [4.69, 9.17) is 4.52 Å². The SMILES string of the molecule is Cc1ccc(-c2noc(CN3N=N[C@H]4C(=O)N(c5ccc6c(c5)CCC6)C(=O)[C@@H]43)n2)cc1. The fourth-order valence-electron chi connectivity index (χ4n) is 4.58. The van der Waals surface area contributed by atoms with Crippen LogP contribution < -0.4 is 4.90 Å². The Labute approximate surface area is 183 Å². The molecule has 0 unspecified atom stereocenters. The summed E-state index contributed by atoms with van der Waals surface area (Å²) in [6.07, 6.45) is 3.11. The van der Waals surface area contributed by atoms with Gasteiger partial charge in [-0.15, -0.1) is 0 Å². The predicted molar refractivity (Wildman–Crippen MR) is 113 cm³/mol. The van der Waals surface area contributed by atoms with Crippen molar-refractivity contribution in [2.75, 3.05) is 4.90 Å². The van der Waals surface area contributed by atoms with Gasteiger partial charge in [0.25, 0.3) is 11.8 Å². The summed E-state index contributed by atoms with van der Waals surface area (Å²) >= 11 is 0. The first-order valence-corrected chi connectivity index (χ1v) is 10.6. The number of aromatic nitrogens is 2. The van der Waals surface area contributed by atoms with Gasteiger partial charge in [0.2, 0.25) is 11.7 Å². The molecule has 9 heteroatoms. The average Bonchev–Trinajstić information content (AvgIpc) is 3.56. The van der Waals surface area contributed by atoms with Crippen molar-refractivity contribution in [3.05, 3.63) is 65.0 Å². The van der Waals surface area contributed by atoms with E-state index in [1.165, 1.54) is 21.0 Å². The Morgan fingerprint density at radius 1 is 1.03 bits per heavy atom. The minimum absolute atomic E-state index is 0.0978. The molecule has 0 bridgehead atoms. The summed E-state index contributed by atoms with van der Waals surface area (Å²) in [5.41, 5.74) is 5.06. The minimum Gasteiger partial charge on any atom is -0.337 e. The Hall–Kier alpha value is -3.88. The van der Waals surface area contributed by atoms with Crippen LogP contribution in [0.4, 0.5) is 5.69 Å². The summed E-state index contributed by atoms with van der Waals surface area (Å²) in [6, 6.07) is 11.9. The van der Waals surface area contributed by atoms with E-state index in [-0.39, 0.29) is 18.4 Å². The highest BCUT2D eigenvalue weighted by Crippen LogP contribution is 2.35. The predicted octanol–water partition coefficient (Wildman–Crippen LogP) is 3.03. The van der Waals surface area contributed by atoms with Crippen LogP contribution >= 0.6 is 0 Å². The average molecular weight is 428 g/mol. The zero-order valence-corrected chi connectivity index (χ0v) is 17.4. The van der Waals surface area contributed by atoms with Crippen LogP contribution in [0.1, 0.15) is 29.0 Å². The lowest BCUT2D eigenvalue weighted by molar-refractivity contribution is -0.123. The molecule has 0 saturated carbocycles. The van der Waals surface area contributed by atoms with Gasteiger partial charge in [0.15, 0.2) is 12.1 Å². The van der Waals surface area contributed by atoms with Gasteiger partial charge in [0, 0.05) is 5.56 Å². The third kappa shape index (κ3) is 2.92. The monoisotopic (exact) mass is 428 g/mol. The number of benzene rings is 2. The largest absolute Gasteiger partial charge is 0.337 e.